The minimum Gasteiger partial charge on any atom is -0.450 e. The van der Waals surface area contributed by atoms with Crippen LogP contribution >= 0.6 is 11.8 Å². The molecule has 0 unspecified atom stereocenters. The molecular weight excluding hydrogens is 450 g/mol. The highest BCUT2D eigenvalue weighted by Crippen LogP contribution is 2.28. The highest BCUT2D eigenvalue weighted by atomic mass is 32.2. The molecule has 1 aromatic carbocycles. The molecule has 2 amide bonds. The Morgan fingerprint density at radius 1 is 1.00 bits per heavy atom. The molecule has 9 heteroatoms. The van der Waals surface area contributed by atoms with Crippen molar-refractivity contribution >= 4 is 29.6 Å². The van der Waals surface area contributed by atoms with Gasteiger partial charge in [-0.25, -0.2) is 4.79 Å². The topological polar surface area (TPSA) is 87.7 Å². The number of hydrogen-bond donors (Lipinski definition) is 1. The van der Waals surface area contributed by atoms with E-state index in [-0.39, 0.29) is 24.0 Å². The average Bonchev–Trinajstić information content (AvgIpc) is 2.86. The molecule has 2 saturated heterocycles. The molecule has 2 aliphatic heterocycles. The zero-order chi connectivity index (χ0) is 23.9. The van der Waals surface area contributed by atoms with Crippen LogP contribution in [0.2, 0.25) is 0 Å². The van der Waals surface area contributed by atoms with E-state index in [9.17, 15) is 9.59 Å². The number of nitrogens with one attached hydrogen (secondary N) is 1. The van der Waals surface area contributed by atoms with Gasteiger partial charge in [-0.1, -0.05) is 29.5 Å². The van der Waals surface area contributed by atoms with Crippen molar-refractivity contribution < 1.29 is 14.3 Å². The van der Waals surface area contributed by atoms with Crippen molar-refractivity contribution in [2.75, 3.05) is 37.7 Å². The predicted octanol–water partition coefficient (Wildman–Crippen LogP) is 3.89. The summed E-state index contributed by atoms with van der Waals surface area (Å²) in [6.07, 6.45) is 2.88. The Morgan fingerprint density at radius 3 is 2.32 bits per heavy atom. The molecule has 8 nitrogen and oxygen atoms in total. The molecule has 0 atom stereocenters. The van der Waals surface area contributed by atoms with Crippen LogP contribution in [0.5, 0.6) is 0 Å². The quantitative estimate of drug-likeness (QED) is 0.667. The van der Waals surface area contributed by atoms with E-state index in [4.69, 9.17) is 4.74 Å². The van der Waals surface area contributed by atoms with E-state index in [1.165, 1.54) is 5.56 Å². The maximum Gasteiger partial charge on any atom is 0.409 e. The molecule has 4 rings (SSSR count). The van der Waals surface area contributed by atoms with E-state index in [1.54, 1.807) is 16.7 Å². The van der Waals surface area contributed by atoms with Crippen molar-refractivity contribution in [2.45, 2.75) is 55.5 Å². The summed E-state index contributed by atoms with van der Waals surface area (Å²) < 4.78 is 5.06. The Morgan fingerprint density at radius 2 is 1.71 bits per heavy atom. The van der Waals surface area contributed by atoms with Gasteiger partial charge < -0.3 is 19.9 Å². The number of carbonyl (C=O) groups is 2. The van der Waals surface area contributed by atoms with Crippen molar-refractivity contribution in [2.24, 2.45) is 5.92 Å². The van der Waals surface area contributed by atoms with Gasteiger partial charge in [-0.3, -0.25) is 4.79 Å². The molecule has 0 aliphatic carbocycles. The minimum absolute atomic E-state index is 0.0173. The molecule has 0 radical (unpaired) electrons. The largest absolute Gasteiger partial charge is 0.450 e. The van der Waals surface area contributed by atoms with Crippen molar-refractivity contribution in [3.05, 3.63) is 42.0 Å². The summed E-state index contributed by atoms with van der Waals surface area (Å²) in [5, 5.41) is 12.9. The third-order valence-corrected chi connectivity index (χ3v) is 7.36. The lowest BCUT2D eigenvalue weighted by molar-refractivity contribution is -0.126. The van der Waals surface area contributed by atoms with Gasteiger partial charge in [0.15, 0.2) is 5.82 Å². The summed E-state index contributed by atoms with van der Waals surface area (Å²) in [6.45, 7) is 7.10. The summed E-state index contributed by atoms with van der Waals surface area (Å²) in [5.41, 5.74) is 1.24. The Labute approximate surface area is 205 Å². The van der Waals surface area contributed by atoms with E-state index in [0.717, 1.165) is 54.5 Å². The summed E-state index contributed by atoms with van der Waals surface area (Å²) in [6, 6.07) is 12.5. The summed E-state index contributed by atoms with van der Waals surface area (Å²) in [4.78, 5) is 29.7. The first kappa shape index (κ1) is 24.3. The molecule has 1 aromatic heterocycles. The Hall–Kier alpha value is -2.81. The van der Waals surface area contributed by atoms with Gasteiger partial charge in [-0.15, -0.1) is 10.2 Å². The summed E-state index contributed by atoms with van der Waals surface area (Å²) in [7, 11) is 0. The third kappa shape index (κ3) is 6.40. The molecule has 0 spiro atoms. The molecule has 2 aliphatic rings. The number of aromatic nitrogens is 2. The third-order valence-electron chi connectivity index (χ3n) is 6.43. The van der Waals surface area contributed by atoms with Crippen LogP contribution in [0.1, 0.15) is 38.2 Å². The van der Waals surface area contributed by atoms with E-state index in [0.29, 0.717) is 19.7 Å². The van der Waals surface area contributed by atoms with Gasteiger partial charge in [0.25, 0.3) is 0 Å². The second-order valence-corrected chi connectivity index (χ2v) is 9.97. The van der Waals surface area contributed by atoms with Crippen molar-refractivity contribution in [1.82, 2.24) is 20.4 Å². The van der Waals surface area contributed by atoms with E-state index in [1.807, 2.05) is 19.1 Å². The zero-order valence-electron chi connectivity index (χ0n) is 19.9. The Kier molecular flexibility index (Phi) is 8.26. The van der Waals surface area contributed by atoms with Gasteiger partial charge in [0, 0.05) is 43.0 Å². The molecule has 2 aromatic rings. The lowest BCUT2D eigenvalue weighted by Gasteiger charge is -2.35. The number of nitrogens with zero attached hydrogens (tertiary/aromatic N) is 4. The number of aryl methyl sites for hydroxylation is 1. The number of amides is 2. The number of piperidine rings is 2. The number of anilines is 1. The number of rotatable bonds is 6. The molecule has 182 valence electrons. The van der Waals surface area contributed by atoms with E-state index < -0.39 is 0 Å². The monoisotopic (exact) mass is 483 g/mol. The van der Waals surface area contributed by atoms with Crippen LogP contribution in [0.3, 0.4) is 0 Å². The molecule has 0 bridgehead atoms. The number of likely N-dealkylation sites (tertiary alicyclic amines) is 1. The fourth-order valence-electron chi connectivity index (χ4n) is 4.37. The van der Waals surface area contributed by atoms with Crippen LogP contribution < -0.4 is 10.2 Å². The lowest BCUT2D eigenvalue weighted by Crippen LogP contribution is -2.49. The fourth-order valence-corrected chi connectivity index (χ4v) is 5.11. The van der Waals surface area contributed by atoms with Gasteiger partial charge in [-0.2, -0.15) is 0 Å². The Balaban J connectivity index is 1.20. The summed E-state index contributed by atoms with van der Waals surface area (Å²) in [5.74, 6) is 1.01. The lowest BCUT2D eigenvalue weighted by atomic mass is 9.94. The van der Waals surface area contributed by atoms with Crippen LogP contribution in [0, 0.1) is 12.8 Å². The Bertz CT molecular complexity index is 954. The first-order valence-electron chi connectivity index (χ1n) is 12.1. The first-order valence-corrected chi connectivity index (χ1v) is 12.9. The summed E-state index contributed by atoms with van der Waals surface area (Å²) >= 11 is 1.60. The van der Waals surface area contributed by atoms with Gasteiger partial charge in [0.2, 0.25) is 5.91 Å². The van der Waals surface area contributed by atoms with Crippen molar-refractivity contribution in [1.29, 1.82) is 0 Å². The van der Waals surface area contributed by atoms with E-state index >= 15 is 0 Å². The predicted molar refractivity (Wildman–Crippen MR) is 132 cm³/mol. The van der Waals surface area contributed by atoms with Gasteiger partial charge in [0.1, 0.15) is 5.03 Å². The minimum atomic E-state index is -0.260. The number of carbonyl (C=O) groups excluding carboxylic acids is 2. The maximum absolute atomic E-state index is 12.8. The SMILES string of the molecule is CCOC(=O)N1CCC(NC(=O)C2CCN(c3ccc(Sc4ccc(C)cc4)nn3)CC2)CC1. The van der Waals surface area contributed by atoms with Crippen LogP contribution in [0.15, 0.2) is 46.3 Å². The molecular formula is C25H33N5O3S. The van der Waals surface area contributed by atoms with E-state index in [2.05, 4.69) is 51.6 Å². The smallest absolute Gasteiger partial charge is 0.409 e. The molecule has 2 fully saturated rings. The van der Waals surface area contributed by atoms with Gasteiger partial charge in [0.05, 0.1) is 6.61 Å². The first-order chi connectivity index (χ1) is 16.5. The second-order valence-electron chi connectivity index (χ2n) is 8.88. The van der Waals surface area contributed by atoms with Crippen LogP contribution in [0.4, 0.5) is 10.6 Å². The van der Waals surface area contributed by atoms with Crippen LogP contribution in [-0.2, 0) is 9.53 Å². The molecule has 1 N–H and O–H groups in total. The van der Waals surface area contributed by atoms with Gasteiger partial charge >= 0.3 is 6.09 Å². The normalized spacial score (nSPS) is 17.5. The number of hydrogen-bond acceptors (Lipinski definition) is 7. The van der Waals surface area contributed by atoms with Crippen LogP contribution in [0.25, 0.3) is 0 Å². The van der Waals surface area contributed by atoms with Crippen LogP contribution in [-0.4, -0.2) is 65.9 Å². The molecule has 3 heterocycles. The second kappa shape index (κ2) is 11.6. The van der Waals surface area contributed by atoms with Crippen molar-refractivity contribution in [3.8, 4) is 0 Å². The molecule has 0 saturated carbocycles. The standard InChI is InChI=1S/C25H33N5O3S/c1-3-33-25(32)30-16-12-20(13-17-30)26-24(31)19-10-14-29(15-11-19)22-8-9-23(28-27-22)34-21-6-4-18(2)5-7-21/h4-9,19-20H,3,10-17H2,1-2H3,(H,26,31). The number of benzene rings is 1. The van der Waals surface area contributed by atoms with Gasteiger partial charge in [-0.05, 0) is 63.8 Å². The van der Waals surface area contributed by atoms with Crippen molar-refractivity contribution in [3.63, 3.8) is 0 Å². The highest BCUT2D eigenvalue weighted by molar-refractivity contribution is 7.99. The zero-order valence-corrected chi connectivity index (χ0v) is 20.7. The fraction of sp³-hybridized carbons (Fsp3) is 0.520. The maximum atomic E-state index is 12.8. The average molecular weight is 484 g/mol. The highest BCUT2D eigenvalue weighted by Gasteiger charge is 2.29. The molecule has 34 heavy (non-hydrogen) atoms. The number of ether oxygens (including phenoxy) is 1.